The number of carbonyl (C=O) groups excluding carboxylic acids is 4. The highest BCUT2D eigenvalue weighted by Gasteiger charge is 2.17. The molecule has 0 radical (unpaired) electrons. The fraction of sp³-hybridized carbons (Fsp3) is 0.120. The molecule has 0 spiro atoms. The Bertz CT molecular complexity index is 1170. The standard InChI is InChI=1S/C25H22N2O5/c1-16-6-5-7-19(14-16)24(30)27-22-9-4-3-8-21(22)25(31)32-15-23(29)18-10-12-20(13-11-18)26-17(2)28/h3-14H,15H2,1-2H3,(H,26,28)(H,27,30). The van der Waals surface area contributed by atoms with Crippen molar-refractivity contribution < 1.29 is 23.9 Å². The van der Waals surface area contributed by atoms with Gasteiger partial charge in [0.05, 0.1) is 11.3 Å². The number of para-hydroxylation sites is 1. The third-order valence-electron chi connectivity index (χ3n) is 4.54. The molecule has 0 aliphatic rings. The van der Waals surface area contributed by atoms with Crippen LogP contribution in [-0.2, 0) is 9.53 Å². The number of hydrogen-bond donors (Lipinski definition) is 2. The first-order chi connectivity index (χ1) is 15.3. The summed E-state index contributed by atoms with van der Waals surface area (Å²) in [5.41, 5.74) is 2.73. The Morgan fingerprint density at radius 1 is 0.812 bits per heavy atom. The number of rotatable bonds is 7. The van der Waals surface area contributed by atoms with E-state index >= 15 is 0 Å². The van der Waals surface area contributed by atoms with Crippen molar-refractivity contribution in [3.8, 4) is 0 Å². The summed E-state index contributed by atoms with van der Waals surface area (Å²) in [6.07, 6.45) is 0. The molecular formula is C25H22N2O5. The topological polar surface area (TPSA) is 102 Å². The van der Waals surface area contributed by atoms with Gasteiger partial charge in [-0.25, -0.2) is 4.79 Å². The van der Waals surface area contributed by atoms with Gasteiger partial charge >= 0.3 is 5.97 Å². The lowest BCUT2D eigenvalue weighted by Crippen LogP contribution is -2.18. The number of amides is 2. The van der Waals surface area contributed by atoms with Crippen LogP contribution in [-0.4, -0.2) is 30.2 Å². The maximum absolute atomic E-state index is 12.6. The number of anilines is 2. The van der Waals surface area contributed by atoms with Gasteiger partial charge in [-0.15, -0.1) is 0 Å². The summed E-state index contributed by atoms with van der Waals surface area (Å²) in [5, 5.41) is 5.33. The van der Waals surface area contributed by atoms with Gasteiger partial charge in [-0.1, -0.05) is 29.8 Å². The van der Waals surface area contributed by atoms with E-state index in [2.05, 4.69) is 10.6 Å². The molecular weight excluding hydrogens is 408 g/mol. The van der Waals surface area contributed by atoms with Gasteiger partial charge in [0.25, 0.3) is 5.91 Å². The van der Waals surface area contributed by atoms with Gasteiger partial charge < -0.3 is 15.4 Å². The van der Waals surface area contributed by atoms with Gasteiger partial charge in [0.15, 0.2) is 12.4 Å². The molecule has 0 saturated heterocycles. The molecule has 2 N–H and O–H groups in total. The molecule has 0 bridgehead atoms. The number of esters is 1. The van der Waals surface area contributed by atoms with Crippen LogP contribution in [0.25, 0.3) is 0 Å². The van der Waals surface area contributed by atoms with Crippen molar-refractivity contribution in [2.45, 2.75) is 13.8 Å². The molecule has 7 nitrogen and oxygen atoms in total. The van der Waals surface area contributed by atoms with E-state index in [4.69, 9.17) is 4.74 Å². The van der Waals surface area contributed by atoms with Crippen molar-refractivity contribution >= 4 is 34.9 Å². The lowest BCUT2D eigenvalue weighted by Gasteiger charge is -2.11. The number of aryl methyl sites for hydroxylation is 1. The van der Waals surface area contributed by atoms with E-state index in [-0.39, 0.29) is 23.1 Å². The first kappa shape index (κ1) is 22.4. The zero-order valence-corrected chi connectivity index (χ0v) is 17.7. The van der Waals surface area contributed by atoms with E-state index in [0.717, 1.165) is 5.56 Å². The minimum absolute atomic E-state index is 0.141. The second-order valence-electron chi connectivity index (χ2n) is 7.13. The highest BCUT2D eigenvalue weighted by Crippen LogP contribution is 2.18. The Kier molecular flexibility index (Phi) is 7.13. The minimum Gasteiger partial charge on any atom is -0.454 e. The van der Waals surface area contributed by atoms with E-state index in [1.165, 1.54) is 25.1 Å². The molecule has 3 aromatic carbocycles. The fourth-order valence-electron chi connectivity index (χ4n) is 2.99. The predicted molar refractivity (Wildman–Crippen MR) is 121 cm³/mol. The average molecular weight is 430 g/mol. The predicted octanol–water partition coefficient (Wildman–Crippen LogP) is 4.25. The average Bonchev–Trinajstić information content (AvgIpc) is 2.77. The van der Waals surface area contributed by atoms with Gasteiger partial charge in [-0.05, 0) is 55.5 Å². The van der Waals surface area contributed by atoms with Crippen LogP contribution in [0.2, 0.25) is 0 Å². The number of Topliss-reactive ketones (excluding diaryl/α,β-unsaturated/α-hetero) is 1. The molecule has 2 amide bonds. The van der Waals surface area contributed by atoms with Crippen LogP contribution >= 0.6 is 0 Å². The van der Waals surface area contributed by atoms with E-state index < -0.39 is 18.4 Å². The molecule has 0 heterocycles. The molecule has 7 heteroatoms. The zero-order valence-electron chi connectivity index (χ0n) is 17.7. The van der Waals surface area contributed by atoms with Crippen LogP contribution in [0.3, 0.4) is 0 Å². The van der Waals surface area contributed by atoms with E-state index in [9.17, 15) is 19.2 Å². The molecule has 0 aliphatic carbocycles. The van der Waals surface area contributed by atoms with E-state index in [0.29, 0.717) is 16.8 Å². The van der Waals surface area contributed by atoms with Crippen LogP contribution in [0, 0.1) is 6.92 Å². The SMILES string of the molecule is CC(=O)Nc1ccc(C(=O)COC(=O)c2ccccc2NC(=O)c2cccc(C)c2)cc1. The lowest BCUT2D eigenvalue weighted by atomic mass is 10.1. The van der Waals surface area contributed by atoms with Crippen molar-refractivity contribution in [1.82, 2.24) is 0 Å². The molecule has 32 heavy (non-hydrogen) atoms. The molecule has 0 aromatic heterocycles. The fourth-order valence-corrected chi connectivity index (χ4v) is 2.99. The van der Waals surface area contributed by atoms with Crippen LogP contribution in [0.5, 0.6) is 0 Å². The summed E-state index contributed by atoms with van der Waals surface area (Å²) in [5.74, 6) is -1.70. The van der Waals surface area contributed by atoms with Gasteiger partial charge in [-0.2, -0.15) is 0 Å². The smallest absolute Gasteiger partial charge is 0.340 e. The first-order valence-corrected chi connectivity index (χ1v) is 9.88. The second-order valence-corrected chi connectivity index (χ2v) is 7.13. The summed E-state index contributed by atoms with van der Waals surface area (Å²) in [7, 11) is 0. The van der Waals surface area contributed by atoms with Crippen LogP contribution in [0.1, 0.15) is 43.6 Å². The van der Waals surface area contributed by atoms with E-state index in [1.807, 2.05) is 13.0 Å². The number of carbonyl (C=O) groups is 4. The van der Waals surface area contributed by atoms with Gasteiger partial charge in [0.2, 0.25) is 5.91 Å². The third kappa shape index (κ3) is 5.89. The van der Waals surface area contributed by atoms with Gasteiger partial charge in [-0.3, -0.25) is 14.4 Å². The Morgan fingerprint density at radius 2 is 1.53 bits per heavy atom. The molecule has 0 saturated carbocycles. The summed E-state index contributed by atoms with van der Waals surface area (Å²) in [4.78, 5) is 48.6. The molecule has 0 atom stereocenters. The largest absolute Gasteiger partial charge is 0.454 e. The van der Waals surface area contributed by atoms with Gasteiger partial charge in [0, 0.05) is 23.7 Å². The van der Waals surface area contributed by atoms with Crippen molar-refractivity contribution in [3.05, 3.63) is 95.1 Å². The molecule has 0 fully saturated rings. The van der Waals surface area contributed by atoms with Crippen molar-refractivity contribution in [1.29, 1.82) is 0 Å². The zero-order chi connectivity index (χ0) is 23.1. The van der Waals surface area contributed by atoms with Crippen LogP contribution < -0.4 is 10.6 Å². The second kappa shape index (κ2) is 10.2. The number of ether oxygens (including phenoxy) is 1. The maximum Gasteiger partial charge on any atom is 0.340 e. The summed E-state index contributed by atoms with van der Waals surface area (Å²) >= 11 is 0. The Labute approximate surface area is 185 Å². The molecule has 162 valence electrons. The number of benzene rings is 3. The third-order valence-corrected chi connectivity index (χ3v) is 4.54. The van der Waals surface area contributed by atoms with Crippen LogP contribution in [0.4, 0.5) is 11.4 Å². The quantitative estimate of drug-likeness (QED) is 0.431. The molecule has 3 aromatic rings. The van der Waals surface area contributed by atoms with Crippen molar-refractivity contribution in [2.75, 3.05) is 17.2 Å². The molecule has 0 aliphatic heterocycles. The summed E-state index contributed by atoms with van der Waals surface area (Å²) < 4.78 is 5.18. The molecule has 0 unspecified atom stereocenters. The maximum atomic E-state index is 12.6. The highest BCUT2D eigenvalue weighted by atomic mass is 16.5. The van der Waals surface area contributed by atoms with Crippen molar-refractivity contribution in [3.63, 3.8) is 0 Å². The Morgan fingerprint density at radius 3 is 2.22 bits per heavy atom. The summed E-state index contributed by atoms with van der Waals surface area (Å²) in [6, 6.07) is 19.8. The van der Waals surface area contributed by atoms with Crippen LogP contribution in [0.15, 0.2) is 72.8 Å². The van der Waals surface area contributed by atoms with Gasteiger partial charge in [0.1, 0.15) is 0 Å². The Hall–Kier alpha value is -4.26. The summed E-state index contributed by atoms with van der Waals surface area (Å²) in [6.45, 7) is 2.81. The normalized spacial score (nSPS) is 10.2. The molecule has 3 rings (SSSR count). The Balaban J connectivity index is 1.65. The number of hydrogen-bond acceptors (Lipinski definition) is 5. The monoisotopic (exact) mass is 430 g/mol. The minimum atomic E-state index is -0.728. The number of ketones is 1. The van der Waals surface area contributed by atoms with E-state index in [1.54, 1.807) is 48.5 Å². The van der Waals surface area contributed by atoms with Crippen molar-refractivity contribution in [2.24, 2.45) is 0 Å². The number of nitrogens with one attached hydrogen (secondary N) is 2. The first-order valence-electron chi connectivity index (χ1n) is 9.88. The lowest BCUT2D eigenvalue weighted by molar-refractivity contribution is -0.114. The highest BCUT2D eigenvalue weighted by molar-refractivity contribution is 6.08.